The molecule has 0 aromatic carbocycles. The van der Waals surface area contributed by atoms with Crippen LogP contribution in [0.2, 0.25) is 0 Å². The topological polar surface area (TPSA) is 73.5 Å². The maximum Gasteiger partial charge on any atom is 0.321 e. The SMILES string of the molecule is CNC(=O)NC(=O)C(C)N(C)C1CCNCC1. The van der Waals surface area contributed by atoms with Gasteiger partial charge in [0, 0.05) is 13.1 Å². The van der Waals surface area contributed by atoms with Crippen LogP contribution in [0.4, 0.5) is 4.79 Å². The third-order valence-corrected chi connectivity index (χ3v) is 3.34. The molecule has 0 radical (unpaired) electrons. The zero-order valence-corrected chi connectivity index (χ0v) is 10.7. The Labute approximate surface area is 102 Å². The van der Waals surface area contributed by atoms with Crippen LogP contribution < -0.4 is 16.0 Å². The Kier molecular flexibility index (Phi) is 5.37. The summed E-state index contributed by atoms with van der Waals surface area (Å²) in [7, 11) is 3.42. The average molecular weight is 242 g/mol. The van der Waals surface area contributed by atoms with Gasteiger partial charge in [-0.3, -0.25) is 15.0 Å². The fourth-order valence-corrected chi connectivity index (χ4v) is 1.99. The van der Waals surface area contributed by atoms with E-state index in [0.717, 1.165) is 25.9 Å². The van der Waals surface area contributed by atoms with Crippen LogP contribution in [0.5, 0.6) is 0 Å². The van der Waals surface area contributed by atoms with Crippen molar-refractivity contribution in [3.05, 3.63) is 0 Å². The zero-order chi connectivity index (χ0) is 12.8. The first kappa shape index (κ1) is 13.9. The van der Waals surface area contributed by atoms with E-state index in [1.165, 1.54) is 7.05 Å². The normalized spacial score (nSPS) is 18.8. The van der Waals surface area contributed by atoms with Crippen LogP contribution >= 0.6 is 0 Å². The number of piperidine rings is 1. The Morgan fingerprint density at radius 1 is 1.35 bits per heavy atom. The minimum Gasteiger partial charge on any atom is -0.341 e. The van der Waals surface area contributed by atoms with Gasteiger partial charge in [-0.15, -0.1) is 0 Å². The Bertz CT molecular complexity index is 277. The van der Waals surface area contributed by atoms with Crippen LogP contribution in [0.15, 0.2) is 0 Å². The first-order chi connectivity index (χ1) is 8.06. The van der Waals surface area contributed by atoms with Crippen LogP contribution in [0.1, 0.15) is 19.8 Å². The number of likely N-dealkylation sites (N-methyl/N-ethyl adjacent to an activating group) is 1. The van der Waals surface area contributed by atoms with Crippen molar-refractivity contribution in [3.63, 3.8) is 0 Å². The molecule has 0 aliphatic carbocycles. The standard InChI is InChI=1S/C11H22N4O2/c1-8(10(16)14-11(17)12-2)15(3)9-4-6-13-7-5-9/h8-9,13H,4-7H2,1-3H3,(H2,12,14,16,17). The minimum atomic E-state index is -0.458. The lowest BCUT2D eigenvalue weighted by atomic mass is 10.0. The molecule has 1 atom stereocenters. The van der Waals surface area contributed by atoms with E-state index < -0.39 is 6.03 Å². The van der Waals surface area contributed by atoms with Crippen molar-refractivity contribution in [2.24, 2.45) is 0 Å². The average Bonchev–Trinajstić information content (AvgIpc) is 2.37. The fourth-order valence-electron chi connectivity index (χ4n) is 1.99. The van der Waals surface area contributed by atoms with Gasteiger partial charge in [0.05, 0.1) is 6.04 Å². The Morgan fingerprint density at radius 2 is 1.94 bits per heavy atom. The molecule has 0 spiro atoms. The molecule has 0 saturated carbocycles. The second-order valence-electron chi connectivity index (χ2n) is 4.39. The van der Waals surface area contributed by atoms with E-state index in [-0.39, 0.29) is 11.9 Å². The van der Waals surface area contributed by atoms with Gasteiger partial charge in [0.1, 0.15) is 0 Å². The molecule has 1 rings (SSSR count). The number of imide groups is 1. The van der Waals surface area contributed by atoms with E-state index >= 15 is 0 Å². The number of amides is 3. The van der Waals surface area contributed by atoms with E-state index in [1.807, 2.05) is 18.9 Å². The van der Waals surface area contributed by atoms with E-state index in [9.17, 15) is 9.59 Å². The molecule has 0 aromatic heterocycles. The predicted molar refractivity (Wildman–Crippen MR) is 65.7 cm³/mol. The largest absolute Gasteiger partial charge is 0.341 e. The molecule has 0 aromatic rings. The number of carbonyl (C=O) groups is 2. The molecule has 6 heteroatoms. The smallest absolute Gasteiger partial charge is 0.321 e. The van der Waals surface area contributed by atoms with Crippen LogP contribution in [-0.2, 0) is 4.79 Å². The van der Waals surface area contributed by atoms with Gasteiger partial charge in [0.15, 0.2) is 0 Å². The number of nitrogens with zero attached hydrogens (tertiary/aromatic N) is 1. The van der Waals surface area contributed by atoms with Crippen molar-refractivity contribution in [1.82, 2.24) is 20.9 Å². The second-order valence-corrected chi connectivity index (χ2v) is 4.39. The molecule has 17 heavy (non-hydrogen) atoms. The molecule has 1 aliphatic rings. The number of carbonyl (C=O) groups excluding carboxylic acids is 2. The predicted octanol–water partition coefficient (Wildman–Crippen LogP) is -0.486. The summed E-state index contributed by atoms with van der Waals surface area (Å²) in [6.07, 6.45) is 2.07. The van der Waals surface area contributed by atoms with Gasteiger partial charge in [-0.05, 0) is 39.9 Å². The third kappa shape index (κ3) is 3.98. The molecule has 98 valence electrons. The summed E-state index contributed by atoms with van der Waals surface area (Å²) in [5.74, 6) is -0.259. The molecule has 1 fully saturated rings. The summed E-state index contributed by atoms with van der Waals surface area (Å²) < 4.78 is 0. The molecule has 3 N–H and O–H groups in total. The lowest BCUT2D eigenvalue weighted by molar-refractivity contribution is -0.125. The van der Waals surface area contributed by atoms with Crippen molar-refractivity contribution < 1.29 is 9.59 Å². The van der Waals surface area contributed by atoms with Crippen LogP contribution in [0.25, 0.3) is 0 Å². The molecule has 1 heterocycles. The number of hydrogen-bond donors (Lipinski definition) is 3. The molecule has 3 amide bonds. The van der Waals surface area contributed by atoms with E-state index in [4.69, 9.17) is 0 Å². The summed E-state index contributed by atoms with van der Waals surface area (Å²) in [4.78, 5) is 24.9. The lowest BCUT2D eigenvalue weighted by Crippen LogP contribution is -2.52. The van der Waals surface area contributed by atoms with Gasteiger partial charge >= 0.3 is 6.03 Å². The molecule has 6 nitrogen and oxygen atoms in total. The minimum absolute atomic E-state index is 0.259. The van der Waals surface area contributed by atoms with E-state index in [1.54, 1.807) is 0 Å². The Balaban J connectivity index is 2.46. The Morgan fingerprint density at radius 3 is 2.47 bits per heavy atom. The highest BCUT2D eigenvalue weighted by Crippen LogP contribution is 2.12. The van der Waals surface area contributed by atoms with Gasteiger partial charge in [-0.2, -0.15) is 0 Å². The monoisotopic (exact) mass is 242 g/mol. The summed E-state index contributed by atoms with van der Waals surface area (Å²) in [5, 5.41) is 7.96. The van der Waals surface area contributed by atoms with Crippen molar-refractivity contribution in [3.8, 4) is 0 Å². The second kappa shape index (κ2) is 6.56. The highest BCUT2D eigenvalue weighted by Gasteiger charge is 2.26. The maximum absolute atomic E-state index is 11.8. The molecular weight excluding hydrogens is 220 g/mol. The Hall–Kier alpha value is -1.14. The highest BCUT2D eigenvalue weighted by atomic mass is 16.2. The molecule has 1 unspecified atom stereocenters. The van der Waals surface area contributed by atoms with E-state index in [2.05, 4.69) is 16.0 Å². The fraction of sp³-hybridized carbons (Fsp3) is 0.818. The van der Waals surface area contributed by atoms with Crippen molar-refractivity contribution >= 4 is 11.9 Å². The maximum atomic E-state index is 11.8. The first-order valence-electron chi connectivity index (χ1n) is 6.01. The van der Waals surface area contributed by atoms with Crippen molar-refractivity contribution in [2.45, 2.75) is 31.8 Å². The van der Waals surface area contributed by atoms with Crippen molar-refractivity contribution in [2.75, 3.05) is 27.2 Å². The van der Waals surface area contributed by atoms with Crippen molar-refractivity contribution in [1.29, 1.82) is 0 Å². The summed E-state index contributed by atoms with van der Waals surface area (Å²) in [5.41, 5.74) is 0. The lowest BCUT2D eigenvalue weighted by Gasteiger charge is -2.34. The third-order valence-electron chi connectivity index (χ3n) is 3.34. The number of urea groups is 1. The quantitative estimate of drug-likeness (QED) is 0.624. The van der Waals surface area contributed by atoms with Crippen LogP contribution in [-0.4, -0.2) is 56.1 Å². The summed E-state index contributed by atoms with van der Waals surface area (Å²) in [6, 6.07) is -0.349. The van der Waals surface area contributed by atoms with Gasteiger partial charge < -0.3 is 10.6 Å². The number of nitrogens with one attached hydrogen (secondary N) is 3. The van der Waals surface area contributed by atoms with Gasteiger partial charge in [-0.1, -0.05) is 0 Å². The molecule has 0 bridgehead atoms. The van der Waals surface area contributed by atoms with Gasteiger partial charge in [0.2, 0.25) is 5.91 Å². The zero-order valence-electron chi connectivity index (χ0n) is 10.7. The van der Waals surface area contributed by atoms with Gasteiger partial charge in [-0.25, -0.2) is 4.79 Å². The van der Waals surface area contributed by atoms with Crippen LogP contribution in [0, 0.1) is 0 Å². The van der Waals surface area contributed by atoms with Gasteiger partial charge in [0.25, 0.3) is 0 Å². The summed E-state index contributed by atoms with van der Waals surface area (Å²) >= 11 is 0. The summed E-state index contributed by atoms with van der Waals surface area (Å²) in [6.45, 7) is 3.79. The number of rotatable bonds is 3. The van der Waals surface area contributed by atoms with E-state index in [0.29, 0.717) is 6.04 Å². The molecule has 1 saturated heterocycles. The molecular formula is C11H22N4O2. The highest BCUT2D eigenvalue weighted by molar-refractivity contribution is 5.96. The number of hydrogen-bond acceptors (Lipinski definition) is 4. The molecule has 1 aliphatic heterocycles. The van der Waals surface area contributed by atoms with Crippen LogP contribution in [0.3, 0.4) is 0 Å². The first-order valence-corrected chi connectivity index (χ1v) is 6.01.